The topological polar surface area (TPSA) is 17.1 Å². The first-order valence-corrected chi connectivity index (χ1v) is 11.8. The van der Waals surface area contributed by atoms with Gasteiger partial charge in [-0.3, -0.25) is 0 Å². The lowest BCUT2D eigenvalue weighted by molar-refractivity contribution is -0.117. The highest BCUT2D eigenvalue weighted by Crippen LogP contribution is 2.22. The summed E-state index contributed by atoms with van der Waals surface area (Å²) in [6, 6.07) is 0. The van der Waals surface area contributed by atoms with Gasteiger partial charge in [-0.05, 0) is 24.7 Å². The third-order valence-electron chi connectivity index (χ3n) is 5.51. The molecular formula is C25H50O. The Hall–Kier alpha value is -0.330. The van der Waals surface area contributed by atoms with E-state index in [1.54, 1.807) is 6.92 Å². The minimum atomic E-state index is 0.345. The molecule has 0 radical (unpaired) electrons. The van der Waals surface area contributed by atoms with Gasteiger partial charge in [0.2, 0.25) is 0 Å². The van der Waals surface area contributed by atoms with Crippen molar-refractivity contribution in [3.05, 3.63) is 0 Å². The van der Waals surface area contributed by atoms with Gasteiger partial charge >= 0.3 is 0 Å². The van der Waals surface area contributed by atoms with Crippen LogP contribution in [-0.4, -0.2) is 5.78 Å². The maximum atomic E-state index is 11.0. The summed E-state index contributed by atoms with van der Waals surface area (Å²) in [6.45, 7) is 11.0. The highest BCUT2D eigenvalue weighted by Gasteiger charge is 2.08. The Bertz CT molecular complexity index is 313. The highest BCUT2D eigenvalue weighted by molar-refractivity contribution is 5.75. The molecule has 0 aliphatic heterocycles. The van der Waals surface area contributed by atoms with Gasteiger partial charge in [-0.1, -0.05) is 124 Å². The van der Waals surface area contributed by atoms with Crippen LogP contribution in [0.1, 0.15) is 144 Å². The van der Waals surface area contributed by atoms with Crippen molar-refractivity contribution in [2.75, 3.05) is 0 Å². The van der Waals surface area contributed by atoms with E-state index in [4.69, 9.17) is 0 Å². The second-order valence-electron chi connectivity index (χ2n) is 10.1. The lowest BCUT2D eigenvalue weighted by Crippen LogP contribution is -2.03. The lowest BCUT2D eigenvalue weighted by Gasteiger charge is -2.17. The predicted molar refractivity (Wildman–Crippen MR) is 118 cm³/mol. The molecule has 0 aromatic rings. The third-order valence-corrected chi connectivity index (χ3v) is 5.51. The monoisotopic (exact) mass is 366 g/mol. The molecule has 0 heterocycles. The normalized spacial score (nSPS) is 13.1. The van der Waals surface area contributed by atoms with Gasteiger partial charge < -0.3 is 4.79 Å². The van der Waals surface area contributed by atoms with E-state index in [0.717, 1.165) is 6.42 Å². The van der Waals surface area contributed by atoms with E-state index in [0.29, 0.717) is 17.1 Å². The molecule has 0 saturated carbocycles. The van der Waals surface area contributed by atoms with Gasteiger partial charge in [0.15, 0.2) is 0 Å². The largest absolute Gasteiger partial charge is 0.300 e. The maximum Gasteiger partial charge on any atom is 0.130 e. The number of Topliss-reactive ketones (excluding diaryl/α,β-unsaturated/α-hetero) is 1. The summed E-state index contributed by atoms with van der Waals surface area (Å²) >= 11 is 0. The van der Waals surface area contributed by atoms with E-state index in [9.17, 15) is 4.79 Å². The Morgan fingerprint density at radius 2 is 1.00 bits per heavy atom. The molecule has 1 heteroatoms. The summed E-state index contributed by atoms with van der Waals surface area (Å²) in [5, 5.41) is 0. The van der Waals surface area contributed by atoms with Crippen molar-refractivity contribution < 1.29 is 4.79 Å². The quantitative estimate of drug-likeness (QED) is 0.221. The molecule has 1 nitrogen and oxygen atoms in total. The summed E-state index contributed by atoms with van der Waals surface area (Å²) in [4.78, 5) is 11.0. The number of carbonyl (C=O) groups is 1. The summed E-state index contributed by atoms with van der Waals surface area (Å²) in [5.74, 6) is 0.934. The third kappa shape index (κ3) is 21.7. The molecule has 0 aliphatic carbocycles. The van der Waals surface area contributed by atoms with Crippen molar-refractivity contribution >= 4 is 5.78 Å². The SMILES string of the molecule is CC(=O)CC(C)CCCCCCCCCCCCCCCCC(C)(C)C. The van der Waals surface area contributed by atoms with Crippen LogP contribution in [-0.2, 0) is 4.79 Å². The van der Waals surface area contributed by atoms with Crippen molar-refractivity contribution in [2.24, 2.45) is 11.3 Å². The molecule has 0 fully saturated rings. The van der Waals surface area contributed by atoms with Crippen LogP contribution < -0.4 is 0 Å². The zero-order valence-electron chi connectivity index (χ0n) is 19.0. The smallest absolute Gasteiger partial charge is 0.130 e. The fraction of sp³-hybridized carbons (Fsp3) is 0.960. The van der Waals surface area contributed by atoms with Crippen LogP contribution in [0.4, 0.5) is 0 Å². The molecule has 0 spiro atoms. The van der Waals surface area contributed by atoms with Crippen molar-refractivity contribution in [3.63, 3.8) is 0 Å². The molecule has 0 aromatic carbocycles. The first-order valence-electron chi connectivity index (χ1n) is 11.8. The van der Waals surface area contributed by atoms with Crippen LogP contribution in [0.25, 0.3) is 0 Å². The van der Waals surface area contributed by atoms with E-state index in [2.05, 4.69) is 27.7 Å². The Morgan fingerprint density at radius 1 is 0.654 bits per heavy atom. The van der Waals surface area contributed by atoms with E-state index in [-0.39, 0.29) is 0 Å². The van der Waals surface area contributed by atoms with Gasteiger partial charge in [0.1, 0.15) is 5.78 Å². The molecule has 0 N–H and O–H groups in total. The van der Waals surface area contributed by atoms with Crippen LogP contribution in [0, 0.1) is 11.3 Å². The standard InChI is InChI=1S/C25H50O/c1-23(22-24(2)26)20-18-16-14-12-10-8-6-7-9-11-13-15-17-19-21-25(3,4)5/h23H,6-22H2,1-5H3. The Kier molecular flexibility index (Phi) is 16.6. The average Bonchev–Trinajstić information content (AvgIpc) is 2.52. The van der Waals surface area contributed by atoms with Crippen molar-refractivity contribution in [1.82, 2.24) is 0 Å². The summed E-state index contributed by atoms with van der Waals surface area (Å²) in [6.07, 6.45) is 23.3. The highest BCUT2D eigenvalue weighted by atomic mass is 16.1. The van der Waals surface area contributed by atoms with Gasteiger partial charge in [-0.25, -0.2) is 0 Å². The number of ketones is 1. The zero-order chi connectivity index (χ0) is 19.7. The van der Waals surface area contributed by atoms with Crippen LogP contribution in [0.5, 0.6) is 0 Å². The Labute approximate surface area is 166 Å². The molecule has 26 heavy (non-hydrogen) atoms. The first kappa shape index (κ1) is 25.7. The van der Waals surface area contributed by atoms with E-state index < -0.39 is 0 Å². The van der Waals surface area contributed by atoms with E-state index >= 15 is 0 Å². The molecule has 0 bridgehead atoms. The second-order valence-corrected chi connectivity index (χ2v) is 10.1. The van der Waals surface area contributed by atoms with Gasteiger partial charge in [-0.15, -0.1) is 0 Å². The average molecular weight is 367 g/mol. The van der Waals surface area contributed by atoms with Crippen LogP contribution in [0.2, 0.25) is 0 Å². The molecule has 0 rings (SSSR count). The molecule has 1 atom stereocenters. The number of carbonyl (C=O) groups excluding carboxylic acids is 1. The molecule has 0 aromatic heterocycles. The minimum Gasteiger partial charge on any atom is -0.300 e. The van der Waals surface area contributed by atoms with Gasteiger partial charge in [-0.2, -0.15) is 0 Å². The van der Waals surface area contributed by atoms with Crippen molar-refractivity contribution in [1.29, 1.82) is 0 Å². The Balaban J connectivity index is 3.12. The molecule has 0 amide bonds. The molecule has 0 saturated heterocycles. The number of hydrogen-bond donors (Lipinski definition) is 0. The zero-order valence-corrected chi connectivity index (χ0v) is 19.0. The van der Waals surface area contributed by atoms with Crippen LogP contribution >= 0.6 is 0 Å². The van der Waals surface area contributed by atoms with Gasteiger partial charge in [0.05, 0.1) is 0 Å². The van der Waals surface area contributed by atoms with Crippen LogP contribution in [0.15, 0.2) is 0 Å². The number of unbranched alkanes of at least 4 members (excludes halogenated alkanes) is 13. The second kappa shape index (κ2) is 16.8. The lowest BCUT2D eigenvalue weighted by atomic mass is 9.89. The predicted octanol–water partition coefficient (Wildman–Crippen LogP) is 8.89. The van der Waals surface area contributed by atoms with E-state index in [1.807, 2.05) is 0 Å². The summed E-state index contributed by atoms with van der Waals surface area (Å²) in [7, 11) is 0. The summed E-state index contributed by atoms with van der Waals surface area (Å²) in [5.41, 5.74) is 0.522. The molecule has 156 valence electrons. The molecular weight excluding hydrogens is 316 g/mol. The van der Waals surface area contributed by atoms with E-state index in [1.165, 1.54) is 103 Å². The van der Waals surface area contributed by atoms with Gasteiger partial charge in [0.25, 0.3) is 0 Å². The number of rotatable bonds is 18. The van der Waals surface area contributed by atoms with Gasteiger partial charge in [0, 0.05) is 6.42 Å². The number of hydrogen-bond acceptors (Lipinski definition) is 1. The summed E-state index contributed by atoms with van der Waals surface area (Å²) < 4.78 is 0. The minimum absolute atomic E-state index is 0.345. The Morgan fingerprint density at radius 3 is 1.35 bits per heavy atom. The molecule has 1 unspecified atom stereocenters. The fourth-order valence-electron chi connectivity index (χ4n) is 3.86. The van der Waals surface area contributed by atoms with Crippen molar-refractivity contribution in [2.45, 2.75) is 144 Å². The molecule has 0 aliphatic rings. The first-order chi connectivity index (χ1) is 12.3. The van der Waals surface area contributed by atoms with Crippen LogP contribution in [0.3, 0.4) is 0 Å². The fourth-order valence-corrected chi connectivity index (χ4v) is 3.86. The maximum absolute atomic E-state index is 11.0. The van der Waals surface area contributed by atoms with Crippen molar-refractivity contribution in [3.8, 4) is 0 Å².